The molecule has 3 atom stereocenters. The van der Waals surface area contributed by atoms with E-state index in [0.717, 1.165) is 6.08 Å². The number of aliphatic hydroxyl groups excluding tert-OH is 1. The van der Waals surface area contributed by atoms with Gasteiger partial charge in [-0.25, -0.2) is 4.79 Å². The van der Waals surface area contributed by atoms with Crippen molar-refractivity contribution in [1.29, 1.82) is 0 Å². The molecule has 0 aliphatic heterocycles. The van der Waals surface area contributed by atoms with E-state index >= 15 is 0 Å². The molecule has 0 aromatic heterocycles. The van der Waals surface area contributed by atoms with Crippen LogP contribution < -0.4 is 0 Å². The SMILES string of the molecule is C=CC(=O)OC[C@@H](C)[C@@H](O)[C@@H](C(C)=O)N(C)C. The van der Waals surface area contributed by atoms with Crippen LogP contribution in [0, 0.1) is 5.92 Å². The van der Waals surface area contributed by atoms with Crippen molar-refractivity contribution in [3.63, 3.8) is 0 Å². The van der Waals surface area contributed by atoms with Gasteiger partial charge in [-0.05, 0) is 21.0 Å². The Bertz CT molecular complexity index is 288. The molecular formula is C12H21NO4. The predicted molar refractivity (Wildman–Crippen MR) is 64.5 cm³/mol. The highest BCUT2D eigenvalue weighted by atomic mass is 16.5. The zero-order valence-corrected chi connectivity index (χ0v) is 10.8. The van der Waals surface area contributed by atoms with Crippen molar-refractivity contribution in [2.75, 3.05) is 20.7 Å². The maximum atomic E-state index is 11.4. The summed E-state index contributed by atoms with van der Waals surface area (Å²) in [5.74, 6) is -0.979. The molecule has 0 aliphatic rings. The highest BCUT2D eigenvalue weighted by molar-refractivity contribution is 5.82. The summed E-state index contributed by atoms with van der Waals surface area (Å²) in [6, 6.07) is -0.590. The standard InChI is InChI=1S/C12H21NO4/c1-6-10(15)17-7-8(2)12(16)11(9(3)14)13(4)5/h6,8,11-12,16H,1,7H2,2-5H3/t8-,11-,12-/m1/s1. The molecule has 17 heavy (non-hydrogen) atoms. The molecule has 0 aromatic rings. The summed E-state index contributed by atoms with van der Waals surface area (Å²) in [4.78, 5) is 23.9. The second-order valence-corrected chi connectivity index (χ2v) is 4.32. The molecule has 0 aliphatic carbocycles. The Balaban J connectivity index is 4.45. The van der Waals surface area contributed by atoms with Crippen LogP contribution in [0.4, 0.5) is 0 Å². The molecule has 0 saturated heterocycles. The fourth-order valence-electron chi connectivity index (χ4n) is 1.59. The maximum absolute atomic E-state index is 11.4. The minimum Gasteiger partial charge on any atom is -0.462 e. The number of aliphatic hydroxyl groups is 1. The first-order valence-corrected chi connectivity index (χ1v) is 5.45. The van der Waals surface area contributed by atoms with Crippen LogP contribution in [0.25, 0.3) is 0 Å². The lowest BCUT2D eigenvalue weighted by Crippen LogP contribution is -2.48. The van der Waals surface area contributed by atoms with Crippen molar-refractivity contribution >= 4 is 11.8 Å². The number of carbonyl (C=O) groups excluding carboxylic acids is 2. The van der Waals surface area contributed by atoms with Crippen LogP contribution in [-0.4, -0.2) is 54.6 Å². The molecule has 0 heterocycles. The van der Waals surface area contributed by atoms with Crippen molar-refractivity contribution in [2.24, 2.45) is 5.92 Å². The summed E-state index contributed by atoms with van der Waals surface area (Å²) in [5.41, 5.74) is 0. The largest absolute Gasteiger partial charge is 0.462 e. The molecule has 0 bridgehead atoms. The number of Topliss-reactive ketones (excluding diaryl/α,β-unsaturated/α-hetero) is 1. The third kappa shape index (κ3) is 5.10. The molecule has 0 aromatic carbocycles. The van der Waals surface area contributed by atoms with Crippen molar-refractivity contribution in [1.82, 2.24) is 4.90 Å². The quantitative estimate of drug-likeness (QED) is 0.512. The van der Waals surface area contributed by atoms with Gasteiger partial charge in [-0.3, -0.25) is 9.69 Å². The molecule has 5 nitrogen and oxygen atoms in total. The van der Waals surface area contributed by atoms with E-state index in [1.54, 1.807) is 25.9 Å². The third-order valence-electron chi connectivity index (χ3n) is 2.53. The van der Waals surface area contributed by atoms with Crippen molar-refractivity contribution < 1.29 is 19.4 Å². The van der Waals surface area contributed by atoms with Crippen LogP contribution in [0.2, 0.25) is 0 Å². The number of nitrogens with zero attached hydrogens (tertiary/aromatic N) is 1. The summed E-state index contributed by atoms with van der Waals surface area (Å²) in [7, 11) is 3.44. The van der Waals surface area contributed by atoms with Gasteiger partial charge < -0.3 is 9.84 Å². The highest BCUT2D eigenvalue weighted by Gasteiger charge is 2.30. The average molecular weight is 243 g/mol. The van der Waals surface area contributed by atoms with Gasteiger partial charge in [0.2, 0.25) is 0 Å². The van der Waals surface area contributed by atoms with Crippen LogP contribution in [0.15, 0.2) is 12.7 Å². The molecule has 0 amide bonds. The first-order valence-electron chi connectivity index (χ1n) is 5.45. The van der Waals surface area contributed by atoms with Gasteiger partial charge in [-0.2, -0.15) is 0 Å². The number of esters is 1. The fraction of sp³-hybridized carbons (Fsp3) is 0.667. The number of ketones is 1. The Morgan fingerprint density at radius 1 is 1.47 bits per heavy atom. The smallest absolute Gasteiger partial charge is 0.330 e. The Kier molecular flexibility index (Phi) is 6.68. The van der Waals surface area contributed by atoms with Gasteiger partial charge in [0.1, 0.15) is 5.78 Å². The lowest BCUT2D eigenvalue weighted by molar-refractivity contribution is -0.141. The van der Waals surface area contributed by atoms with Crippen molar-refractivity contribution in [3.8, 4) is 0 Å². The Morgan fingerprint density at radius 3 is 2.35 bits per heavy atom. The molecule has 0 saturated carbocycles. The number of hydrogen-bond acceptors (Lipinski definition) is 5. The minimum absolute atomic E-state index is 0.0592. The lowest BCUT2D eigenvalue weighted by atomic mass is 9.95. The van der Waals surface area contributed by atoms with Crippen LogP contribution in [0.3, 0.4) is 0 Å². The summed E-state index contributed by atoms with van der Waals surface area (Å²) < 4.78 is 4.84. The summed E-state index contributed by atoms with van der Waals surface area (Å²) >= 11 is 0. The molecule has 0 fully saturated rings. The number of carbonyl (C=O) groups is 2. The van der Waals surface area contributed by atoms with E-state index < -0.39 is 18.1 Å². The van der Waals surface area contributed by atoms with Gasteiger partial charge in [0, 0.05) is 12.0 Å². The maximum Gasteiger partial charge on any atom is 0.330 e. The molecule has 0 spiro atoms. The van der Waals surface area contributed by atoms with E-state index in [2.05, 4.69) is 6.58 Å². The van der Waals surface area contributed by atoms with E-state index in [-0.39, 0.29) is 18.3 Å². The van der Waals surface area contributed by atoms with E-state index in [0.29, 0.717) is 0 Å². The zero-order chi connectivity index (χ0) is 13.6. The number of hydrogen-bond donors (Lipinski definition) is 1. The predicted octanol–water partition coefficient (Wildman–Crippen LogP) is 0.232. The molecule has 1 N–H and O–H groups in total. The second-order valence-electron chi connectivity index (χ2n) is 4.32. The number of likely N-dealkylation sites (N-methyl/N-ethyl adjacent to an activating group) is 1. The number of ether oxygens (including phenoxy) is 1. The molecule has 5 heteroatoms. The normalized spacial score (nSPS) is 16.1. The van der Waals surface area contributed by atoms with E-state index in [4.69, 9.17) is 4.74 Å². The fourth-order valence-corrected chi connectivity index (χ4v) is 1.59. The summed E-state index contributed by atoms with van der Waals surface area (Å²) in [6.07, 6.45) is 0.188. The average Bonchev–Trinajstić information content (AvgIpc) is 2.23. The first kappa shape index (κ1) is 15.8. The van der Waals surface area contributed by atoms with Gasteiger partial charge in [0.05, 0.1) is 18.8 Å². The lowest BCUT2D eigenvalue weighted by Gasteiger charge is -2.30. The minimum atomic E-state index is -0.875. The first-order chi connectivity index (χ1) is 7.81. The summed E-state index contributed by atoms with van der Waals surface area (Å²) in [6.45, 7) is 6.48. The molecule has 0 rings (SSSR count). The molecule has 0 unspecified atom stereocenters. The van der Waals surface area contributed by atoms with Crippen LogP contribution in [0.1, 0.15) is 13.8 Å². The van der Waals surface area contributed by atoms with E-state index in [1.165, 1.54) is 6.92 Å². The van der Waals surface area contributed by atoms with Gasteiger partial charge in [-0.1, -0.05) is 13.5 Å². The van der Waals surface area contributed by atoms with Gasteiger partial charge >= 0.3 is 5.97 Å². The van der Waals surface area contributed by atoms with Crippen LogP contribution in [-0.2, 0) is 14.3 Å². The highest BCUT2D eigenvalue weighted by Crippen LogP contribution is 2.13. The van der Waals surface area contributed by atoms with Crippen molar-refractivity contribution in [3.05, 3.63) is 12.7 Å². The molecule has 0 radical (unpaired) electrons. The van der Waals surface area contributed by atoms with Crippen LogP contribution in [0.5, 0.6) is 0 Å². The topological polar surface area (TPSA) is 66.8 Å². The Hall–Kier alpha value is -1.20. The molecular weight excluding hydrogens is 222 g/mol. The zero-order valence-electron chi connectivity index (χ0n) is 10.8. The van der Waals surface area contributed by atoms with E-state index in [1.807, 2.05) is 0 Å². The third-order valence-corrected chi connectivity index (χ3v) is 2.53. The van der Waals surface area contributed by atoms with E-state index in [9.17, 15) is 14.7 Å². The Morgan fingerprint density at radius 2 is 2.00 bits per heavy atom. The van der Waals surface area contributed by atoms with Crippen molar-refractivity contribution in [2.45, 2.75) is 26.0 Å². The monoisotopic (exact) mass is 243 g/mol. The second kappa shape index (κ2) is 7.19. The Labute approximate surface area is 102 Å². The van der Waals surface area contributed by atoms with Crippen LogP contribution >= 0.6 is 0 Å². The van der Waals surface area contributed by atoms with Gasteiger partial charge in [-0.15, -0.1) is 0 Å². The van der Waals surface area contributed by atoms with Gasteiger partial charge in [0.25, 0.3) is 0 Å². The number of rotatable bonds is 7. The summed E-state index contributed by atoms with van der Waals surface area (Å²) in [5, 5.41) is 10.0. The van der Waals surface area contributed by atoms with Gasteiger partial charge in [0.15, 0.2) is 0 Å². The molecule has 98 valence electrons.